The van der Waals surface area contributed by atoms with E-state index in [-0.39, 0.29) is 31.5 Å². The lowest BCUT2D eigenvalue weighted by molar-refractivity contribution is -0.118. The summed E-state index contributed by atoms with van der Waals surface area (Å²) in [6.07, 6.45) is 1.39. The van der Waals surface area contributed by atoms with Crippen molar-refractivity contribution in [3.8, 4) is 11.5 Å². The number of aldehydes is 1. The Morgan fingerprint density at radius 2 is 1.92 bits per heavy atom. The highest BCUT2D eigenvalue weighted by atomic mass is 16.7. The molecule has 1 amide bonds. The van der Waals surface area contributed by atoms with Crippen molar-refractivity contribution in [2.75, 3.05) is 18.7 Å². The summed E-state index contributed by atoms with van der Waals surface area (Å²) < 4.78 is 10.7. The normalized spacial score (nSPS) is 13.4. The van der Waals surface area contributed by atoms with E-state index < -0.39 is 0 Å². The summed E-state index contributed by atoms with van der Waals surface area (Å²) in [4.78, 5) is 25.3. The number of para-hydroxylation sites is 1. The smallest absolute Gasteiger partial charge is 0.231 e. The van der Waals surface area contributed by atoms with Crippen LogP contribution < -0.4 is 14.4 Å². The summed E-state index contributed by atoms with van der Waals surface area (Å²) >= 11 is 0. The molecule has 0 spiro atoms. The first-order valence-corrected chi connectivity index (χ1v) is 7.84. The van der Waals surface area contributed by atoms with E-state index >= 15 is 0 Å². The highest BCUT2D eigenvalue weighted by Crippen LogP contribution is 2.36. The van der Waals surface area contributed by atoms with Crippen LogP contribution in [0.1, 0.15) is 24.3 Å². The van der Waals surface area contributed by atoms with Crippen LogP contribution in [0.15, 0.2) is 48.5 Å². The number of carbonyl (C=O) groups is 2. The predicted octanol–water partition coefficient (Wildman–Crippen LogP) is 3.14. The minimum atomic E-state index is -0.185. The van der Waals surface area contributed by atoms with Gasteiger partial charge in [-0.2, -0.15) is 0 Å². The summed E-state index contributed by atoms with van der Waals surface area (Å²) in [5.74, 6) is 1.13. The van der Waals surface area contributed by atoms with Gasteiger partial charge in [-0.25, -0.2) is 0 Å². The van der Waals surface area contributed by atoms with Gasteiger partial charge in [0.25, 0.3) is 0 Å². The number of fused-ring (bicyclic) bond motifs is 1. The number of carbonyl (C=O) groups excluding carboxylic acids is 2. The summed E-state index contributed by atoms with van der Waals surface area (Å²) in [5, 5.41) is 0. The van der Waals surface area contributed by atoms with Gasteiger partial charge in [0.2, 0.25) is 12.7 Å². The number of anilines is 1. The molecule has 124 valence electrons. The monoisotopic (exact) mass is 325 g/mol. The van der Waals surface area contributed by atoms with Gasteiger partial charge in [0.1, 0.15) is 6.29 Å². The van der Waals surface area contributed by atoms with Gasteiger partial charge in [0.15, 0.2) is 11.5 Å². The number of hydrogen-bond acceptors (Lipinski definition) is 4. The van der Waals surface area contributed by atoms with Crippen molar-refractivity contribution in [3.63, 3.8) is 0 Å². The molecule has 1 aliphatic heterocycles. The van der Waals surface area contributed by atoms with Gasteiger partial charge in [-0.15, -0.1) is 0 Å². The molecule has 1 heterocycles. The molecule has 0 aromatic heterocycles. The van der Waals surface area contributed by atoms with Crippen molar-refractivity contribution in [3.05, 3.63) is 54.1 Å². The van der Waals surface area contributed by atoms with E-state index in [0.29, 0.717) is 11.5 Å². The van der Waals surface area contributed by atoms with Gasteiger partial charge < -0.3 is 19.2 Å². The predicted molar refractivity (Wildman–Crippen MR) is 90.5 cm³/mol. The van der Waals surface area contributed by atoms with Gasteiger partial charge >= 0.3 is 0 Å². The average molecular weight is 325 g/mol. The van der Waals surface area contributed by atoms with Crippen LogP contribution in [-0.4, -0.2) is 26.0 Å². The van der Waals surface area contributed by atoms with Crippen molar-refractivity contribution in [2.24, 2.45) is 0 Å². The van der Waals surface area contributed by atoms with Gasteiger partial charge in [0.05, 0.1) is 0 Å². The maximum absolute atomic E-state index is 12.6. The van der Waals surface area contributed by atoms with E-state index in [1.165, 1.54) is 0 Å². The van der Waals surface area contributed by atoms with Crippen LogP contribution in [0.25, 0.3) is 0 Å². The maximum Gasteiger partial charge on any atom is 0.231 e. The summed E-state index contributed by atoms with van der Waals surface area (Å²) in [5.41, 5.74) is 1.74. The molecule has 1 unspecified atom stereocenters. The Labute approximate surface area is 140 Å². The first-order valence-electron chi connectivity index (χ1n) is 7.84. The first kappa shape index (κ1) is 16.1. The third-order valence-corrected chi connectivity index (χ3v) is 4.19. The maximum atomic E-state index is 12.6. The molecular weight excluding hydrogens is 306 g/mol. The van der Waals surface area contributed by atoms with E-state index in [0.717, 1.165) is 17.5 Å². The molecule has 1 atom stereocenters. The van der Waals surface area contributed by atoms with Crippen LogP contribution in [0.5, 0.6) is 11.5 Å². The largest absolute Gasteiger partial charge is 0.454 e. The molecule has 5 heteroatoms. The topological polar surface area (TPSA) is 55.8 Å². The molecule has 2 aromatic rings. The van der Waals surface area contributed by atoms with Crippen molar-refractivity contribution in [1.82, 2.24) is 0 Å². The first-order chi connectivity index (χ1) is 11.7. The SMILES string of the molecule is CN(C(=O)CC(CC=O)c1ccc2c(c1)OCO2)c1ccccc1. The highest BCUT2D eigenvalue weighted by molar-refractivity contribution is 5.93. The Bertz CT molecular complexity index is 729. The fourth-order valence-electron chi connectivity index (χ4n) is 2.76. The lowest BCUT2D eigenvalue weighted by atomic mass is 9.92. The molecule has 0 saturated carbocycles. The third kappa shape index (κ3) is 3.40. The number of rotatable bonds is 6. The Morgan fingerprint density at radius 1 is 1.17 bits per heavy atom. The lowest BCUT2D eigenvalue weighted by Crippen LogP contribution is -2.27. The third-order valence-electron chi connectivity index (χ3n) is 4.19. The van der Waals surface area contributed by atoms with Crippen molar-refractivity contribution in [1.29, 1.82) is 0 Å². The number of benzene rings is 2. The molecule has 0 bridgehead atoms. The Hall–Kier alpha value is -2.82. The van der Waals surface area contributed by atoms with Crippen molar-refractivity contribution < 1.29 is 19.1 Å². The van der Waals surface area contributed by atoms with Crippen LogP contribution in [0, 0.1) is 0 Å². The summed E-state index contributed by atoms with van der Waals surface area (Å²) in [6.45, 7) is 0.201. The molecule has 3 rings (SSSR count). The van der Waals surface area contributed by atoms with Gasteiger partial charge in [-0.3, -0.25) is 4.79 Å². The number of hydrogen-bond donors (Lipinski definition) is 0. The molecule has 0 saturated heterocycles. The zero-order valence-electron chi connectivity index (χ0n) is 13.5. The zero-order chi connectivity index (χ0) is 16.9. The van der Waals surface area contributed by atoms with Gasteiger partial charge in [0, 0.05) is 25.6 Å². The Kier molecular flexibility index (Phi) is 4.79. The lowest BCUT2D eigenvalue weighted by Gasteiger charge is -2.21. The van der Waals surface area contributed by atoms with E-state index in [1.54, 1.807) is 11.9 Å². The second kappa shape index (κ2) is 7.17. The fourth-order valence-corrected chi connectivity index (χ4v) is 2.76. The standard InChI is InChI=1S/C19H19NO4/c1-20(16-5-3-2-4-6-16)19(22)12-15(9-10-21)14-7-8-17-18(11-14)24-13-23-17/h2-8,10-11,15H,9,12-13H2,1H3. The van der Waals surface area contributed by atoms with E-state index in [1.807, 2.05) is 48.5 Å². The van der Waals surface area contributed by atoms with Crippen LogP contribution in [0.3, 0.4) is 0 Å². The molecule has 24 heavy (non-hydrogen) atoms. The van der Waals surface area contributed by atoms with Crippen LogP contribution in [0.2, 0.25) is 0 Å². The molecule has 0 fully saturated rings. The van der Waals surface area contributed by atoms with E-state index in [9.17, 15) is 9.59 Å². The zero-order valence-corrected chi connectivity index (χ0v) is 13.5. The van der Waals surface area contributed by atoms with Gasteiger partial charge in [-0.05, 0) is 35.7 Å². The molecule has 1 aliphatic rings. The minimum Gasteiger partial charge on any atom is -0.454 e. The van der Waals surface area contributed by atoms with Crippen LogP contribution in [0.4, 0.5) is 5.69 Å². The second-order valence-corrected chi connectivity index (χ2v) is 5.70. The Morgan fingerprint density at radius 3 is 2.67 bits per heavy atom. The molecule has 2 aromatic carbocycles. The van der Waals surface area contributed by atoms with Gasteiger partial charge in [-0.1, -0.05) is 24.3 Å². The molecule has 5 nitrogen and oxygen atoms in total. The van der Waals surface area contributed by atoms with E-state index in [2.05, 4.69) is 0 Å². The van der Waals surface area contributed by atoms with Crippen LogP contribution >= 0.6 is 0 Å². The van der Waals surface area contributed by atoms with Crippen molar-refractivity contribution >= 4 is 17.9 Å². The fraction of sp³-hybridized carbons (Fsp3) is 0.263. The number of nitrogens with zero attached hydrogens (tertiary/aromatic N) is 1. The van der Waals surface area contributed by atoms with E-state index in [4.69, 9.17) is 9.47 Å². The summed E-state index contributed by atoms with van der Waals surface area (Å²) in [7, 11) is 1.75. The molecular formula is C19H19NO4. The summed E-state index contributed by atoms with van der Waals surface area (Å²) in [6, 6.07) is 15.0. The second-order valence-electron chi connectivity index (χ2n) is 5.70. The van der Waals surface area contributed by atoms with Crippen LogP contribution in [-0.2, 0) is 9.59 Å². The quantitative estimate of drug-likeness (QED) is 0.766. The molecule has 0 aliphatic carbocycles. The Balaban J connectivity index is 1.76. The number of ether oxygens (including phenoxy) is 2. The highest BCUT2D eigenvalue weighted by Gasteiger charge is 2.22. The molecule has 0 radical (unpaired) electrons. The van der Waals surface area contributed by atoms with Crippen molar-refractivity contribution in [2.45, 2.75) is 18.8 Å². The average Bonchev–Trinajstić information content (AvgIpc) is 3.09. The number of amides is 1. The molecule has 0 N–H and O–H groups in total. The minimum absolute atomic E-state index is 0.0364.